The van der Waals surface area contributed by atoms with Crippen molar-refractivity contribution in [2.24, 2.45) is 11.3 Å². The molecule has 3 rings (SSSR count). The third-order valence-corrected chi connectivity index (χ3v) is 6.25. The number of amides is 1. The van der Waals surface area contributed by atoms with Gasteiger partial charge < -0.3 is 14.4 Å². The standard InChI is InChI=1S/C23H32N2O6/c1-5-30-22(27)20-17(23(2,3)4)19(25(28)29)18(15-11-7-6-8-12-15)24(20)21(26)16-13-9-10-14-31-16/h6-8,11-12,16-20H,5,9-10,13-14H2,1-4H3/t16-,17-,18-,19-,20-/m1/s1. The van der Waals surface area contributed by atoms with Crippen LogP contribution in [0.3, 0.4) is 0 Å². The van der Waals surface area contributed by atoms with E-state index in [0.29, 0.717) is 18.6 Å². The fraction of sp³-hybridized carbons (Fsp3) is 0.652. The summed E-state index contributed by atoms with van der Waals surface area (Å²) in [5.41, 5.74) is 0.0133. The third kappa shape index (κ3) is 4.59. The summed E-state index contributed by atoms with van der Waals surface area (Å²) in [6.45, 7) is 7.89. The van der Waals surface area contributed by atoms with Gasteiger partial charge in [-0.25, -0.2) is 4.79 Å². The van der Waals surface area contributed by atoms with Gasteiger partial charge in [0, 0.05) is 11.5 Å². The minimum atomic E-state index is -1.15. The second kappa shape index (κ2) is 9.34. The summed E-state index contributed by atoms with van der Waals surface area (Å²) in [5.74, 6) is -1.69. The van der Waals surface area contributed by atoms with Gasteiger partial charge in [0.2, 0.25) is 6.04 Å². The number of nitrogens with zero attached hydrogens (tertiary/aromatic N) is 2. The largest absolute Gasteiger partial charge is 0.464 e. The van der Waals surface area contributed by atoms with E-state index in [1.807, 2.05) is 26.8 Å². The Morgan fingerprint density at radius 1 is 1.23 bits per heavy atom. The van der Waals surface area contributed by atoms with Gasteiger partial charge in [-0.05, 0) is 37.2 Å². The molecule has 2 heterocycles. The summed E-state index contributed by atoms with van der Waals surface area (Å²) >= 11 is 0. The van der Waals surface area contributed by atoms with E-state index in [9.17, 15) is 19.7 Å². The molecule has 1 aromatic rings. The maximum absolute atomic E-state index is 13.7. The molecule has 0 N–H and O–H groups in total. The van der Waals surface area contributed by atoms with Crippen molar-refractivity contribution < 1.29 is 24.0 Å². The molecule has 2 saturated heterocycles. The van der Waals surface area contributed by atoms with Crippen LogP contribution in [0.15, 0.2) is 30.3 Å². The summed E-state index contributed by atoms with van der Waals surface area (Å²) in [5, 5.41) is 12.4. The normalized spacial score (nSPS) is 28.9. The van der Waals surface area contributed by atoms with E-state index in [4.69, 9.17) is 9.47 Å². The van der Waals surface area contributed by atoms with Gasteiger partial charge in [0.15, 0.2) is 0 Å². The Morgan fingerprint density at radius 2 is 1.90 bits per heavy atom. The van der Waals surface area contributed by atoms with E-state index in [1.54, 1.807) is 31.2 Å². The summed E-state index contributed by atoms with van der Waals surface area (Å²) < 4.78 is 11.1. The first-order valence-corrected chi connectivity index (χ1v) is 11.0. The summed E-state index contributed by atoms with van der Waals surface area (Å²) in [4.78, 5) is 40.3. The number of ether oxygens (including phenoxy) is 2. The molecule has 8 nitrogen and oxygen atoms in total. The van der Waals surface area contributed by atoms with Crippen LogP contribution in [-0.2, 0) is 19.1 Å². The van der Waals surface area contributed by atoms with E-state index in [0.717, 1.165) is 12.8 Å². The predicted octanol–water partition coefficient (Wildman–Crippen LogP) is 3.38. The number of nitro groups is 1. The summed E-state index contributed by atoms with van der Waals surface area (Å²) in [7, 11) is 0. The highest BCUT2D eigenvalue weighted by atomic mass is 16.6. The smallest absolute Gasteiger partial charge is 0.329 e. The number of carbonyl (C=O) groups is 2. The highest BCUT2D eigenvalue weighted by Crippen LogP contribution is 2.49. The fourth-order valence-corrected chi connectivity index (χ4v) is 5.00. The molecule has 170 valence electrons. The average Bonchev–Trinajstić information content (AvgIpc) is 3.12. The van der Waals surface area contributed by atoms with Crippen LogP contribution < -0.4 is 0 Å². The highest BCUT2D eigenvalue weighted by molar-refractivity contribution is 5.89. The molecule has 2 aliphatic rings. The first-order valence-electron chi connectivity index (χ1n) is 11.0. The van der Waals surface area contributed by atoms with Crippen LogP contribution in [0.25, 0.3) is 0 Å². The molecule has 0 bridgehead atoms. The van der Waals surface area contributed by atoms with E-state index in [2.05, 4.69) is 0 Å². The zero-order chi connectivity index (χ0) is 22.8. The quantitative estimate of drug-likeness (QED) is 0.402. The summed E-state index contributed by atoms with van der Waals surface area (Å²) in [6, 6.07) is 5.86. The van der Waals surface area contributed by atoms with Crippen LogP contribution in [0.2, 0.25) is 0 Å². The lowest BCUT2D eigenvalue weighted by atomic mass is 9.73. The maximum atomic E-state index is 13.7. The SMILES string of the molecule is CCOC(=O)[C@H]1[C@H](C(C)(C)C)[C@@H]([N+](=O)[O-])[C@@H](c2ccccc2)N1C(=O)[C@H]1CCCCO1. The molecular weight excluding hydrogens is 400 g/mol. The van der Waals surface area contributed by atoms with Gasteiger partial charge >= 0.3 is 5.97 Å². The van der Waals surface area contributed by atoms with E-state index in [1.165, 1.54) is 4.90 Å². The van der Waals surface area contributed by atoms with Crippen molar-refractivity contribution in [3.8, 4) is 0 Å². The van der Waals surface area contributed by atoms with Crippen molar-refractivity contribution >= 4 is 11.9 Å². The number of hydrogen-bond donors (Lipinski definition) is 0. The van der Waals surface area contributed by atoms with Gasteiger partial charge in [-0.2, -0.15) is 0 Å². The molecule has 0 saturated carbocycles. The summed E-state index contributed by atoms with van der Waals surface area (Å²) in [6.07, 6.45) is 1.54. The minimum Gasteiger partial charge on any atom is -0.464 e. The molecule has 0 spiro atoms. The minimum absolute atomic E-state index is 0.132. The number of hydrogen-bond acceptors (Lipinski definition) is 6. The average molecular weight is 433 g/mol. The molecular formula is C23H32N2O6. The van der Waals surface area contributed by atoms with Crippen LogP contribution in [0.1, 0.15) is 58.6 Å². The highest BCUT2D eigenvalue weighted by Gasteiger charge is 2.64. The van der Waals surface area contributed by atoms with Crippen molar-refractivity contribution in [2.45, 2.75) is 71.2 Å². The van der Waals surface area contributed by atoms with Crippen molar-refractivity contribution in [3.63, 3.8) is 0 Å². The lowest BCUT2D eigenvalue weighted by Gasteiger charge is -2.35. The molecule has 5 atom stereocenters. The van der Waals surface area contributed by atoms with Crippen molar-refractivity contribution in [1.82, 2.24) is 4.90 Å². The Morgan fingerprint density at radius 3 is 2.42 bits per heavy atom. The van der Waals surface area contributed by atoms with Crippen LogP contribution in [0, 0.1) is 21.4 Å². The van der Waals surface area contributed by atoms with E-state index < -0.39 is 41.5 Å². The Labute approximate surface area is 183 Å². The molecule has 0 aromatic heterocycles. The van der Waals surface area contributed by atoms with Crippen LogP contribution >= 0.6 is 0 Å². The zero-order valence-electron chi connectivity index (χ0n) is 18.7. The van der Waals surface area contributed by atoms with Gasteiger partial charge in [-0.3, -0.25) is 14.9 Å². The van der Waals surface area contributed by atoms with Crippen LogP contribution in [0.4, 0.5) is 0 Å². The Hall–Kier alpha value is -2.48. The first kappa shape index (κ1) is 23.2. The van der Waals surface area contributed by atoms with Gasteiger partial charge in [-0.15, -0.1) is 0 Å². The van der Waals surface area contributed by atoms with Gasteiger partial charge in [0.1, 0.15) is 18.2 Å². The third-order valence-electron chi connectivity index (χ3n) is 6.25. The zero-order valence-corrected chi connectivity index (χ0v) is 18.7. The van der Waals surface area contributed by atoms with Gasteiger partial charge in [0.05, 0.1) is 12.5 Å². The molecule has 31 heavy (non-hydrogen) atoms. The number of esters is 1. The van der Waals surface area contributed by atoms with Crippen molar-refractivity contribution in [2.75, 3.05) is 13.2 Å². The second-order valence-corrected chi connectivity index (χ2v) is 9.32. The Bertz CT molecular complexity index is 800. The molecule has 2 aliphatic heterocycles. The number of likely N-dealkylation sites (tertiary alicyclic amines) is 1. The molecule has 8 heteroatoms. The van der Waals surface area contributed by atoms with Crippen molar-refractivity contribution in [3.05, 3.63) is 46.0 Å². The number of benzene rings is 1. The molecule has 1 aromatic carbocycles. The molecule has 0 radical (unpaired) electrons. The van der Waals surface area contributed by atoms with Gasteiger partial charge in [0.25, 0.3) is 5.91 Å². The Balaban J connectivity index is 2.18. The molecule has 1 amide bonds. The predicted molar refractivity (Wildman–Crippen MR) is 114 cm³/mol. The molecule has 0 aliphatic carbocycles. The van der Waals surface area contributed by atoms with Crippen LogP contribution in [-0.4, -0.2) is 53.1 Å². The topological polar surface area (TPSA) is 99.0 Å². The van der Waals surface area contributed by atoms with Crippen LogP contribution in [0.5, 0.6) is 0 Å². The second-order valence-electron chi connectivity index (χ2n) is 9.32. The van der Waals surface area contributed by atoms with E-state index in [-0.39, 0.29) is 17.4 Å². The van der Waals surface area contributed by atoms with Gasteiger partial charge in [-0.1, -0.05) is 51.1 Å². The molecule has 0 unspecified atom stereocenters. The lowest BCUT2D eigenvalue weighted by molar-refractivity contribution is -0.536. The lowest BCUT2D eigenvalue weighted by Crippen LogP contribution is -2.51. The Kier molecular flexibility index (Phi) is 6.99. The number of carbonyl (C=O) groups excluding carboxylic acids is 2. The number of rotatable bonds is 5. The first-order chi connectivity index (χ1) is 14.7. The van der Waals surface area contributed by atoms with E-state index >= 15 is 0 Å². The fourth-order valence-electron chi connectivity index (χ4n) is 5.00. The van der Waals surface area contributed by atoms with Crippen molar-refractivity contribution in [1.29, 1.82) is 0 Å². The monoisotopic (exact) mass is 432 g/mol. The maximum Gasteiger partial charge on any atom is 0.329 e. The molecule has 2 fully saturated rings.